The maximum absolute atomic E-state index is 13.8. The first kappa shape index (κ1) is 23.6. The van der Waals surface area contributed by atoms with Crippen LogP contribution in [0.5, 0.6) is 0 Å². The molecule has 2 saturated carbocycles. The van der Waals surface area contributed by atoms with Gasteiger partial charge in [-0.25, -0.2) is 4.79 Å². The van der Waals surface area contributed by atoms with E-state index in [4.69, 9.17) is 18.6 Å². The van der Waals surface area contributed by atoms with E-state index in [9.17, 15) is 19.8 Å². The summed E-state index contributed by atoms with van der Waals surface area (Å²) < 4.78 is 22.5. The zero-order valence-corrected chi connectivity index (χ0v) is 20.2. The van der Waals surface area contributed by atoms with Gasteiger partial charge in [-0.1, -0.05) is 13.0 Å². The third-order valence-electron chi connectivity index (χ3n) is 9.60. The fourth-order valence-electron chi connectivity index (χ4n) is 7.08. The summed E-state index contributed by atoms with van der Waals surface area (Å²) in [5, 5.41) is 24.5. The number of esters is 2. The Kier molecular flexibility index (Phi) is 5.32. The summed E-state index contributed by atoms with van der Waals surface area (Å²) in [7, 11) is 0. The molecule has 0 amide bonds. The van der Waals surface area contributed by atoms with E-state index >= 15 is 0 Å². The number of aliphatic hydroxyl groups is 2. The first-order valence-corrected chi connectivity index (χ1v) is 12.2. The lowest BCUT2D eigenvalue weighted by atomic mass is 9.39. The first-order valence-electron chi connectivity index (χ1n) is 12.2. The molecule has 1 aromatic rings. The summed E-state index contributed by atoms with van der Waals surface area (Å²) >= 11 is 0. The van der Waals surface area contributed by atoms with Crippen molar-refractivity contribution in [3.8, 4) is 0 Å². The highest BCUT2D eigenvalue weighted by atomic mass is 16.6. The van der Waals surface area contributed by atoms with Crippen molar-refractivity contribution in [2.45, 2.75) is 89.3 Å². The van der Waals surface area contributed by atoms with Crippen LogP contribution in [0.25, 0.3) is 0 Å². The van der Waals surface area contributed by atoms with Crippen molar-refractivity contribution in [3.05, 3.63) is 35.8 Å². The molecule has 8 atom stereocenters. The fourth-order valence-corrected chi connectivity index (χ4v) is 7.08. The van der Waals surface area contributed by atoms with Crippen molar-refractivity contribution in [2.75, 3.05) is 6.61 Å². The third kappa shape index (κ3) is 2.94. The van der Waals surface area contributed by atoms with E-state index in [0.717, 1.165) is 5.56 Å². The van der Waals surface area contributed by atoms with E-state index in [1.807, 2.05) is 6.92 Å². The van der Waals surface area contributed by atoms with Gasteiger partial charge in [0, 0.05) is 28.9 Å². The molecule has 2 aliphatic carbocycles. The lowest BCUT2D eigenvalue weighted by molar-refractivity contribution is -0.311. The van der Waals surface area contributed by atoms with E-state index in [-0.39, 0.29) is 31.3 Å². The van der Waals surface area contributed by atoms with Crippen LogP contribution in [0.3, 0.4) is 0 Å². The van der Waals surface area contributed by atoms with Gasteiger partial charge in [0.2, 0.25) is 0 Å². The quantitative estimate of drug-likeness (QED) is 0.388. The Bertz CT molecular complexity index is 1010. The van der Waals surface area contributed by atoms with Crippen LogP contribution in [-0.4, -0.2) is 52.2 Å². The summed E-state index contributed by atoms with van der Waals surface area (Å²) in [6.45, 7) is 7.40. The fraction of sp³-hybridized carbons (Fsp3) is 0.692. The van der Waals surface area contributed by atoms with Crippen molar-refractivity contribution in [2.24, 2.45) is 16.7 Å². The lowest BCUT2D eigenvalue weighted by Gasteiger charge is -2.67. The number of epoxide rings is 1. The highest BCUT2D eigenvalue weighted by molar-refractivity contribution is 5.88. The van der Waals surface area contributed by atoms with Crippen molar-refractivity contribution in [1.29, 1.82) is 0 Å². The third-order valence-corrected chi connectivity index (χ3v) is 9.60. The van der Waals surface area contributed by atoms with Crippen molar-refractivity contribution in [1.82, 2.24) is 0 Å². The molecule has 34 heavy (non-hydrogen) atoms. The summed E-state index contributed by atoms with van der Waals surface area (Å²) in [6.07, 6.45) is 5.03. The van der Waals surface area contributed by atoms with Crippen LogP contribution in [0, 0.1) is 16.7 Å². The first-order chi connectivity index (χ1) is 16.0. The molecule has 2 saturated heterocycles. The highest BCUT2D eigenvalue weighted by Gasteiger charge is 2.79. The molecule has 186 valence electrons. The molecule has 2 N–H and O–H groups in total. The number of furan rings is 1. The molecular weight excluding hydrogens is 440 g/mol. The monoisotopic (exact) mass is 474 g/mol. The van der Waals surface area contributed by atoms with Crippen LogP contribution in [0.2, 0.25) is 0 Å². The number of ether oxygens (including phenoxy) is 3. The van der Waals surface area contributed by atoms with E-state index in [0.29, 0.717) is 25.0 Å². The molecule has 8 heteroatoms. The topological polar surface area (TPSA) is 119 Å². The number of rotatable bonds is 4. The summed E-state index contributed by atoms with van der Waals surface area (Å²) in [4.78, 5) is 26.3. The highest BCUT2D eigenvalue weighted by Crippen LogP contribution is 2.71. The Morgan fingerprint density at radius 1 is 1.24 bits per heavy atom. The molecule has 0 bridgehead atoms. The number of hydrogen-bond acceptors (Lipinski definition) is 8. The number of cyclic esters (lactones) is 1. The van der Waals surface area contributed by atoms with Gasteiger partial charge in [-0.15, -0.1) is 0 Å². The molecule has 5 rings (SSSR count). The molecule has 8 unspecified atom stereocenters. The minimum atomic E-state index is -1.58. The maximum Gasteiger partial charge on any atom is 0.333 e. The van der Waals surface area contributed by atoms with E-state index in [1.165, 1.54) is 6.26 Å². The zero-order valence-electron chi connectivity index (χ0n) is 20.2. The van der Waals surface area contributed by atoms with Gasteiger partial charge >= 0.3 is 11.9 Å². The number of fused-ring (bicyclic) bond motifs is 2. The standard InChI is InChI=1S/C26H34O8/c1-5-15(2)21(27)34-20-7-10-26(30)23(3,24(20,4)29)9-6-17(19-14-32-19)25(26)12-18(33-22(25)28)16-8-11-31-13-16/h5,8,11,13,17-20,29-30H,6-7,9-10,12,14H2,1-4H3. The van der Waals surface area contributed by atoms with Gasteiger partial charge in [0.05, 0.1) is 30.8 Å². The minimum Gasteiger partial charge on any atom is -0.472 e. The second-order valence-corrected chi connectivity index (χ2v) is 10.9. The van der Waals surface area contributed by atoms with Crippen LogP contribution in [0.15, 0.2) is 34.7 Å². The van der Waals surface area contributed by atoms with Crippen LogP contribution < -0.4 is 0 Å². The van der Waals surface area contributed by atoms with Gasteiger partial charge in [-0.2, -0.15) is 0 Å². The number of carbonyl (C=O) groups excluding carboxylic acids is 2. The molecule has 0 aromatic carbocycles. The minimum absolute atomic E-state index is 0.123. The second-order valence-electron chi connectivity index (χ2n) is 10.9. The van der Waals surface area contributed by atoms with Gasteiger partial charge in [-0.3, -0.25) is 4.79 Å². The molecule has 1 aromatic heterocycles. The molecule has 2 aliphatic heterocycles. The Morgan fingerprint density at radius 3 is 2.59 bits per heavy atom. The lowest BCUT2D eigenvalue weighted by Crippen LogP contribution is -2.77. The molecule has 1 spiro atoms. The van der Waals surface area contributed by atoms with Gasteiger partial charge in [-0.05, 0) is 52.5 Å². The summed E-state index contributed by atoms with van der Waals surface area (Å²) in [5.41, 5.74) is -4.32. The molecule has 4 fully saturated rings. The van der Waals surface area contributed by atoms with E-state index in [1.54, 1.807) is 39.2 Å². The normalized spacial score (nSPS) is 46.2. The largest absolute Gasteiger partial charge is 0.472 e. The van der Waals surface area contributed by atoms with Crippen molar-refractivity contribution < 1.29 is 38.4 Å². The van der Waals surface area contributed by atoms with Gasteiger partial charge in [0.1, 0.15) is 23.2 Å². The average molecular weight is 475 g/mol. The molecule has 3 heterocycles. The second kappa shape index (κ2) is 7.67. The Morgan fingerprint density at radius 2 is 1.97 bits per heavy atom. The Balaban J connectivity index is 1.56. The van der Waals surface area contributed by atoms with Crippen molar-refractivity contribution in [3.63, 3.8) is 0 Å². The van der Waals surface area contributed by atoms with Crippen molar-refractivity contribution >= 4 is 11.9 Å². The Labute approximate surface area is 199 Å². The van der Waals surface area contributed by atoms with Gasteiger partial charge in [0.25, 0.3) is 0 Å². The molecular formula is C26H34O8. The van der Waals surface area contributed by atoms with Crippen LogP contribution in [-0.2, 0) is 23.8 Å². The van der Waals surface area contributed by atoms with Crippen LogP contribution >= 0.6 is 0 Å². The summed E-state index contributed by atoms with van der Waals surface area (Å²) in [6, 6.07) is 1.77. The zero-order chi connectivity index (χ0) is 24.5. The average Bonchev–Trinajstić information content (AvgIpc) is 3.36. The van der Waals surface area contributed by atoms with E-state index in [2.05, 4.69) is 0 Å². The predicted octanol–water partition coefficient (Wildman–Crippen LogP) is 3.22. The van der Waals surface area contributed by atoms with Gasteiger partial charge < -0.3 is 28.8 Å². The van der Waals surface area contributed by atoms with Crippen LogP contribution in [0.4, 0.5) is 0 Å². The number of hydrogen-bond donors (Lipinski definition) is 2. The number of carbonyl (C=O) groups is 2. The molecule has 8 nitrogen and oxygen atoms in total. The van der Waals surface area contributed by atoms with Gasteiger partial charge in [0.15, 0.2) is 0 Å². The maximum atomic E-state index is 13.8. The smallest absolute Gasteiger partial charge is 0.333 e. The Hall–Kier alpha value is -2.16. The number of allylic oxidation sites excluding steroid dienone is 1. The van der Waals surface area contributed by atoms with E-state index < -0.39 is 46.2 Å². The molecule has 4 aliphatic rings. The predicted molar refractivity (Wildman–Crippen MR) is 119 cm³/mol. The summed E-state index contributed by atoms with van der Waals surface area (Å²) in [5.74, 6) is -1.17. The van der Waals surface area contributed by atoms with Crippen LogP contribution in [0.1, 0.15) is 71.5 Å². The molecule has 0 radical (unpaired) electrons. The SMILES string of the molecule is CC=C(C)C(=O)OC1CCC2(O)C3(CC(c4ccoc4)OC3=O)C(C3CO3)CCC2(C)C1(C)O.